The number of carbonyl (C=O) groups excluding carboxylic acids is 3. The fourth-order valence-electron chi connectivity index (χ4n) is 3.99. The monoisotopic (exact) mass is 698 g/mol. The Morgan fingerprint density at radius 3 is 2.58 bits per heavy atom. The Hall–Kier alpha value is -3.15. The van der Waals surface area contributed by atoms with Gasteiger partial charge >= 0.3 is 0 Å². The number of rotatable bonds is 7. The number of nitrogens with one attached hydrogen (secondary N) is 1. The predicted octanol–water partition coefficient (Wildman–Crippen LogP) is 7.46. The molecule has 1 heterocycles. The second-order valence-corrected chi connectivity index (χ2v) is 11.6. The number of benzene rings is 4. The molecule has 38 heavy (non-hydrogen) atoms. The van der Waals surface area contributed by atoms with Crippen molar-refractivity contribution in [1.29, 1.82) is 0 Å². The van der Waals surface area contributed by atoms with Gasteiger partial charge in [-0.15, -0.1) is 0 Å². The van der Waals surface area contributed by atoms with Gasteiger partial charge in [-0.2, -0.15) is 0 Å². The number of imide groups is 1. The molecule has 5 rings (SSSR count). The number of hydrogen-bond donors (Lipinski definition) is 1. The average Bonchev–Trinajstić information content (AvgIpc) is 3.16. The van der Waals surface area contributed by atoms with Crippen LogP contribution in [0, 0.1) is 3.57 Å². The molecule has 1 N–H and O–H groups in total. The van der Waals surface area contributed by atoms with Gasteiger partial charge in [-0.3, -0.25) is 19.3 Å². The minimum Gasteiger partial charge on any atom is -0.488 e. The molecule has 0 unspecified atom stereocenters. The van der Waals surface area contributed by atoms with Crippen LogP contribution in [-0.4, -0.2) is 28.5 Å². The van der Waals surface area contributed by atoms with E-state index in [0.29, 0.717) is 23.6 Å². The molecule has 3 amide bonds. The first-order valence-corrected chi connectivity index (χ1v) is 14.3. The first-order valence-electron chi connectivity index (χ1n) is 11.6. The van der Waals surface area contributed by atoms with Crippen LogP contribution in [-0.2, 0) is 16.2 Å². The molecule has 4 aromatic carbocycles. The summed E-state index contributed by atoms with van der Waals surface area (Å²) in [5.74, 6) is -0.390. The van der Waals surface area contributed by atoms with Gasteiger partial charge in [0.05, 0.1) is 4.91 Å². The molecular weight excluding hydrogens is 679 g/mol. The van der Waals surface area contributed by atoms with Gasteiger partial charge in [-0.05, 0) is 99.2 Å². The van der Waals surface area contributed by atoms with Crippen molar-refractivity contribution in [2.75, 3.05) is 11.9 Å². The molecule has 0 aliphatic carbocycles. The number of ether oxygens (including phenoxy) is 1. The molecule has 1 fully saturated rings. The maximum absolute atomic E-state index is 13.1. The Morgan fingerprint density at radius 1 is 1.00 bits per heavy atom. The normalized spacial score (nSPS) is 14.4. The van der Waals surface area contributed by atoms with Crippen molar-refractivity contribution in [3.8, 4) is 5.75 Å². The van der Waals surface area contributed by atoms with Gasteiger partial charge in [0.25, 0.3) is 11.1 Å². The zero-order valence-corrected chi connectivity index (χ0v) is 24.4. The molecule has 0 spiro atoms. The highest BCUT2D eigenvalue weighted by molar-refractivity contribution is 14.1. The summed E-state index contributed by atoms with van der Waals surface area (Å²) in [6.07, 6.45) is 1.63. The van der Waals surface area contributed by atoms with E-state index in [-0.39, 0.29) is 11.4 Å². The molecule has 9 heteroatoms. The zero-order valence-electron chi connectivity index (χ0n) is 19.8. The topological polar surface area (TPSA) is 75.7 Å². The molecule has 0 atom stereocenters. The van der Waals surface area contributed by atoms with Gasteiger partial charge in [0.15, 0.2) is 0 Å². The largest absolute Gasteiger partial charge is 0.488 e. The third kappa shape index (κ3) is 6.11. The minimum atomic E-state index is -0.516. The quantitative estimate of drug-likeness (QED) is 0.160. The van der Waals surface area contributed by atoms with Crippen molar-refractivity contribution >= 4 is 89.9 Å². The Balaban J connectivity index is 1.32. The van der Waals surface area contributed by atoms with Crippen LogP contribution < -0.4 is 10.1 Å². The third-order valence-electron chi connectivity index (χ3n) is 5.82. The van der Waals surface area contributed by atoms with E-state index in [1.165, 1.54) is 0 Å². The number of fused-ring (bicyclic) bond motifs is 1. The minimum absolute atomic E-state index is 0.227. The van der Waals surface area contributed by atoms with Crippen molar-refractivity contribution in [3.63, 3.8) is 0 Å². The van der Waals surface area contributed by atoms with Crippen molar-refractivity contribution in [2.45, 2.75) is 6.61 Å². The number of anilines is 1. The van der Waals surface area contributed by atoms with E-state index in [1.54, 1.807) is 18.2 Å². The van der Waals surface area contributed by atoms with Crippen LogP contribution >= 0.6 is 50.3 Å². The fourth-order valence-corrected chi connectivity index (χ4v) is 5.56. The van der Waals surface area contributed by atoms with E-state index >= 15 is 0 Å². The molecule has 4 aromatic rings. The van der Waals surface area contributed by atoms with Crippen LogP contribution in [0.4, 0.5) is 10.5 Å². The summed E-state index contributed by atoms with van der Waals surface area (Å²) >= 11 is 6.45. The Labute approximate surface area is 245 Å². The number of amides is 3. The summed E-state index contributed by atoms with van der Waals surface area (Å²) in [5.41, 5.74) is 2.28. The van der Waals surface area contributed by atoms with Gasteiger partial charge in [0, 0.05) is 19.3 Å². The highest BCUT2D eigenvalue weighted by Crippen LogP contribution is 2.35. The maximum Gasteiger partial charge on any atom is 0.294 e. The summed E-state index contributed by atoms with van der Waals surface area (Å²) in [6.45, 7) is -0.0269. The zero-order chi connectivity index (χ0) is 26.6. The third-order valence-corrected chi connectivity index (χ3v) is 7.94. The van der Waals surface area contributed by atoms with Crippen molar-refractivity contribution < 1.29 is 19.1 Å². The van der Waals surface area contributed by atoms with Gasteiger partial charge in [0.2, 0.25) is 5.91 Å². The summed E-state index contributed by atoms with van der Waals surface area (Å²) in [6, 6.07) is 26.9. The maximum atomic E-state index is 13.1. The smallest absolute Gasteiger partial charge is 0.294 e. The Morgan fingerprint density at radius 2 is 1.76 bits per heavy atom. The van der Waals surface area contributed by atoms with Gasteiger partial charge in [-0.25, -0.2) is 0 Å². The van der Waals surface area contributed by atoms with E-state index in [0.717, 1.165) is 41.0 Å². The van der Waals surface area contributed by atoms with E-state index in [9.17, 15) is 14.4 Å². The number of halogens is 2. The first-order chi connectivity index (χ1) is 18.4. The molecule has 0 radical (unpaired) electrons. The molecule has 0 saturated carbocycles. The van der Waals surface area contributed by atoms with E-state index < -0.39 is 17.1 Å². The molecule has 190 valence electrons. The van der Waals surface area contributed by atoms with Gasteiger partial charge in [0.1, 0.15) is 18.9 Å². The van der Waals surface area contributed by atoms with Gasteiger partial charge in [-0.1, -0.05) is 58.4 Å². The molecule has 0 aromatic heterocycles. The Kier molecular flexibility index (Phi) is 8.15. The second-order valence-electron chi connectivity index (χ2n) is 8.43. The lowest BCUT2D eigenvalue weighted by Crippen LogP contribution is -2.36. The van der Waals surface area contributed by atoms with Crippen LogP contribution in [0.15, 0.2) is 94.3 Å². The average molecular weight is 699 g/mol. The Bertz CT molecular complexity index is 1580. The van der Waals surface area contributed by atoms with Crippen molar-refractivity contribution in [1.82, 2.24) is 4.90 Å². The van der Waals surface area contributed by atoms with Gasteiger partial charge < -0.3 is 10.1 Å². The van der Waals surface area contributed by atoms with Crippen molar-refractivity contribution in [2.24, 2.45) is 0 Å². The SMILES string of the molecule is O=C(CN1C(=O)S/C(=C\c2cc(Br)ccc2OCc2cccc3ccccc23)C1=O)Nc1ccc(I)cc1. The highest BCUT2D eigenvalue weighted by Gasteiger charge is 2.36. The predicted molar refractivity (Wildman–Crippen MR) is 163 cm³/mol. The van der Waals surface area contributed by atoms with Crippen molar-refractivity contribution in [3.05, 3.63) is 109 Å². The summed E-state index contributed by atoms with van der Waals surface area (Å²) in [5, 5.41) is 4.47. The standard InChI is InChI=1S/C29H20BrIN2O4S/c30-21-8-13-25(37-17-19-6-3-5-18-4-1-2-7-24(18)19)20(14-21)15-26-28(35)33(29(36)38-26)16-27(34)32-23-11-9-22(31)10-12-23/h1-15H,16-17H2,(H,32,34)/b26-15-. The van der Waals surface area contributed by atoms with Crippen LogP contribution in [0.3, 0.4) is 0 Å². The fraction of sp³-hybridized carbons (Fsp3) is 0.0690. The molecule has 1 aliphatic rings. The summed E-state index contributed by atoms with van der Waals surface area (Å²) in [7, 11) is 0. The van der Waals surface area contributed by atoms with E-state index in [4.69, 9.17) is 4.74 Å². The van der Waals surface area contributed by atoms with Crippen LogP contribution in [0.1, 0.15) is 11.1 Å². The number of thioether (sulfide) groups is 1. The molecular formula is C29H20BrIN2O4S. The summed E-state index contributed by atoms with van der Waals surface area (Å²) in [4.78, 5) is 39.4. The lowest BCUT2D eigenvalue weighted by molar-refractivity contribution is -0.127. The molecule has 1 saturated heterocycles. The van der Waals surface area contributed by atoms with Crippen LogP contribution in [0.25, 0.3) is 16.8 Å². The van der Waals surface area contributed by atoms with E-state index in [2.05, 4.69) is 62.0 Å². The highest BCUT2D eigenvalue weighted by atomic mass is 127. The molecule has 0 bridgehead atoms. The lowest BCUT2D eigenvalue weighted by Gasteiger charge is -2.13. The number of nitrogens with zero attached hydrogens (tertiary/aromatic N) is 1. The number of carbonyl (C=O) groups is 3. The second kappa shape index (κ2) is 11.7. The lowest BCUT2D eigenvalue weighted by atomic mass is 10.1. The van der Waals surface area contributed by atoms with Crippen LogP contribution in [0.5, 0.6) is 5.75 Å². The first kappa shape index (κ1) is 26.5. The molecule has 6 nitrogen and oxygen atoms in total. The van der Waals surface area contributed by atoms with E-state index in [1.807, 2.05) is 54.6 Å². The van der Waals surface area contributed by atoms with Crippen LogP contribution in [0.2, 0.25) is 0 Å². The molecule has 1 aliphatic heterocycles. The number of hydrogen-bond acceptors (Lipinski definition) is 5. The summed E-state index contributed by atoms with van der Waals surface area (Å²) < 4.78 is 8.01.